The molecule has 0 radical (unpaired) electrons. The zero-order chi connectivity index (χ0) is 27.5. The van der Waals surface area contributed by atoms with E-state index in [1.165, 1.54) is 17.1 Å². The molecule has 11 heteroatoms. The Hall–Kier alpha value is -2.56. The average molecular weight is 550 g/mol. The van der Waals surface area contributed by atoms with Crippen molar-refractivity contribution in [1.82, 2.24) is 26.2 Å². The standard InChI is InChI=1S/C27H43N5O5S/c1-3-19(11-10-18(2)16-32-23(34)12-13-24(32)35)26(36)29-15-7-6-14-28-22(33)9-5-4-8-21-25-20(17-38-21)30-27(37)31-25/h12-13,18-21,25H,3-11,14-17H2,1-2H3,(H,28,33)(H,29,36)(H2,30,31,37). The van der Waals surface area contributed by atoms with Crippen LogP contribution in [0.3, 0.4) is 0 Å². The van der Waals surface area contributed by atoms with Crippen molar-refractivity contribution in [3.05, 3.63) is 12.2 Å². The number of imide groups is 1. The molecule has 3 heterocycles. The Labute approximate surface area is 229 Å². The molecule has 3 aliphatic rings. The third-order valence-corrected chi connectivity index (χ3v) is 9.08. The monoisotopic (exact) mass is 549 g/mol. The fourth-order valence-corrected chi connectivity index (χ4v) is 6.76. The van der Waals surface area contributed by atoms with Gasteiger partial charge in [-0.1, -0.05) is 20.3 Å². The molecule has 4 N–H and O–H groups in total. The highest BCUT2D eigenvalue weighted by Crippen LogP contribution is 2.33. The molecule has 2 saturated heterocycles. The van der Waals surface area contributed by atoms with Gasteiger partial charge in [0, 0.05) is 55.1 Å². The van der Waals surface area contributed by atoms with Crippen molar-refractivity contribution in [3.8, 4) is 0 Å². The van der Waals surface area contributed by atoms with Crippen LogP contribution in [0.2, 0.25) is 0 Å². The number of fused-ring (bicyclic) bond motifs is 1. The lowest BCUT2D eigenvalue weighted by atomic mass is 9.94. The summed E-state index contributed by atoms with van der Waals surface area (Å²) >= 11 is 1.90. The first-order valence-corrected chi connectivity index (χ1v) is 15.1. The lowest BCUT2D eigenvalue weighted by molar-refractivity contribution is -0.137. The number of carbonyl (C=O) groups excluding carboxylic acids is 5. The van der Waals surface area contributed by atoms with Crippen molar-refractivity contribution in [2.45, 2.75) is 89.0 Å². The van der Waals surface area contributed by atoms with Crippen molar-refractivity contribution < 1.29 is 24.0 Å². The number of amides is 6. The maximum Gasteiger partial charge on any atom is 0.315 e. The van der Waals surface area contributed by atoms with Gasteiger partial charge in [0.05, 0.1) is 12.1 Å². The SMILES string of the molecule is CCC(CCC(C)CN1C(=O)C=CC1=O)C(=O)NCCCCNC(=O)CCCCC1SCC2NC(=O)NC21. The first kappa shape index (κ1) is 30.0. The second-order valence-corrected chi connectivity index (χ2v) is 11.9. The van der Waals surface area contributed by atoms with Gasteiger partial charge in [-0.25, -0.2) is 4.79 Å². The molecule has 10 nitrogen and oxygen atoms in total. The maximum absolute atomic E-state index is 12.6. The van der Waals surface area contributed by atoms with Gasteiger partial charge in [-0.2, -0.15) is 11.8 Å². The highest BCUT2D eigenvalue weighted by atomic mass is 32.2. The van der Waals surface area contributed by atoms with Gasteiger partial charge in [-0.05, 0) is 50.9 Å². The molecular weight excluding hydrogens is 506 g/mol. The van der Waals surface area contributed by atoms with E-state index in [0.29, 0.717) is 31.3 Å². The van der Waals surface area contributed by atoms with Crippen molar-refractivity contribution >= 4 is 41.4 Å². The van der Waals surface area contributed by atoms with E-state index in [1.807, 2.05) is 25.6 Å². The zero-order valence-electron chi connectivity index (χ0n) is 22.6. The van der Waals surface area contributed by atoms with Gasteiger partial charge < -0.3 is 21.3 Å². The molecule has 5 unspecified atom stereocenters. The van der Waals surface area contributed by atoms with E-state index in [9.17, 15) is 24.0 Å². The normalized spacial score (nSPS) is 23.7. The molecule has 0 saturated carbocycles. The quantitative estimate of drug-likeness (QED) is 0.125. The summed E-state index contributed by atoms with van der Waals surface area (Å²) in [7, 11) is 0. The van der Waals surface area contributed by atoms with Gasteiger partial charge in [0.1, 0.15) is 0 Å². The molecule has 2 fully saturated rings. The molecule has 0 aromatic rings. The first-order chi connectivity index (χ1) is 18.3. The Morgan fingerprint density at radius 2 is 1.74 bits per heavy atom. The molecule has 6 amide bonds. The summed E-state index contributed by atoms with van der Waals surface area (Å²) in [5.41, 5.74) is 0. The molecule has 0 aliphatic carbocycles. The Kier molecular flexibility index (Phi) is 11.9. The van der Waals surface area contributed by atoms with Crippen molar-refractivity contribution in [2.24, 2.45) is 11.8 Å². The van der Waals surface area contributed by atoms with Crippen molar-refractivity contribution in [3.63, 3.8) is 0 Å². The Balaban J connectivity index is 1.17. The molecule has 0 bridgehead atoms. The number of nitrogens with zero attached hydrogens (tertiary/aromatic N) is 1. The number of rotatable bonds is 17. The van der Waals surface area contributed by atoms with Crippen molar-refractivity contribution in [1.29, 1.82) is 0 Å². The van der Waals surface area contributed by atoms with Crippen LogP contribution in [0.4, 0.5) is 4.79 Å². The molecule has 212 valence electrons. The third-order valence-electron chi connectivity index (χ3n) is 7.57. The Bertz CT molecular complexity index is 879. The number of hydrogen-bond acceptors (Lipinski definition) is 6. The van der Waals surface area contributed by atoms with Crippen LogP contribution in [0.25, 0.3) is 0 Å². The summed E-state index contributed by atoms with van der Waals surface area (Å²) in [6.45, 7) is 5.55. The van der Waals surface area contributed by atoms with E-state index < -0.39 is 0 Å². The fourth-order valence-electron chi connectivity index (χ4n) is 5.22. The number of thioether (sulfide) groups is 1. The van der Waals surface area contributed by atoms with Crippen molar-refractivity contribution in [2.75, 3.05) is 25.4 Å². The van der Waals surface area contributed by atoms with Crippen LogP contribution in [0, 0.1) is 11.8 Å². The summed E-state index contributed by atoms with van der Waals surface area (Å²) in [5.74, 6) is 0.575. The second kappa shape index (κ2) is 15.1. The van der Waals surface area contributed by atoms with Crippen LogP contribution >= 0.6 is 11.8 Å². The third kappa shape index (κ3) is 9.03. The molecule has 0 aromatic carbocycles. The van der Waals surface area contributed by atoms with E-state index in [1.54, 1.807) is 0 Å². The van der Waals surface area contributed by atoms with E-state index in [-0.39, 0.29) is 53.6 Å². The minimum atomic E-state index is -0.265. The number of hydrogen-bond donors (Lipinski definition) is 4. The van der Waals surface area contributed by atoms with Crippen LogP contribution in [-0.2, 0) is 19.2 Å². The first-order valence-electron chi connectivity index (χ1n) is 14.0. The lowest BCUT2D eigenvalue weighted by Gasteiger charge is -2.21. The average Bonchev–Trinajstić information content (AvgIpc) is 3.54. The van der Waals surface area contributed by atoms with Crippen LogP contribution < -0.4 is 21.3 Å². The van der Waals surface area contributed by atoms with E-state index >= 15 is 0 Å². The Morgan fingerprint density at radius 3 is 2.45 bits per heavy atom. The van der Waals surface area contributed by atoms with E-state index in [0.717, 1.165) is 57.1 Å². The highest BCUT2D eigenvalue weighted by molar-refractivity contribution is 8.00. The summed E-state index contributed by atoms with van der Waals surface area (Å²) in [6.07, 6.45) is 9.76. The predicted molar refractivity (Wildman–Crippen MR) is 147 cm³/mol. The van der Waals surface area contributed by atoms with E-state index in [2.05, 4.69) is 21.3 Å². The van der Waals surface area contributed by atoms with Crippen LogP contribution in [-0.4, -0.2) is 77.3 Å². The van der Waals surface area contributed by atoms with Crippen LogP contribution in [0.15, 0.2) is 12.2 Å². The topological polar surface area (TPSA) is 137 Å². The summed E-state index contributed by atoms with van der Waals surface area (Å²) in [5, 5.41) is 12.3. The van der Waals surface area contributed by atoms with Gasteiger partial charge in [0.15, 0.2) is 0 Å². The molecule has 0 aromatic heterocycles. The lowest BCUT2D eigenvalue weighted by Crippen LogP contribution is -2.36. The van der Waals surface area contributed by atoms with Gasteiger partial charge in [0.2, 0.25) is 11.8 Å². The minimum Gasteiger partial charge on any atom is -0.356 e. The zero-order valence-corrected chi connectivity index (χ0v) is 23.4. The van der Waals surface area contributed by atoms with Gasteiger partial charge >= 0.3 is 6.03 Å². The maximum atomic E-state index is 12.6. The number of unbranched alkanes of at least 4 members (excludes halogenated alkanes) is 2. The van der Waals surface area contributed by atoms with Gasteiger partial charge in [-0.3, -0.25) is 24.1 Å². The summed E-state index contributed by atoms with van der Waals surface area (Å²) in [4.78, 5) is 60.8. The number of carbonyl (C=O) groups is 5. The van der Waals surface area contributed by atoms with E-state index in [4.69, 9.17) is 0 Å². The summed E-state index contributed by atoms with van der Waals surface area (Å²) < 4.78 is 0. The number of nitrogens with one attached hydrogen (secondary N) is 4. The molecule has 38 heavy (non-hydrogen) atoms. The van der Waals surface area contributed by atoms with Gasteiger partial charge in [-0.15, -0.1) is 0 Å². The number of urea groups is 1. The second-order valence-electron chi connectivity index (χ2n) is 10.6. The largest absolute Gasteiger partial charge is 0.356 e. The predicted octanol–water partition coefficient (Wildman–Crippen LogP) is 2.09. The Morgan fingerprint density at radius 1 is 1.03 bits per heavy atom. The van der Waals surface area contributed by atoms with Gasteiger partial charge in [0.25, 0.3) is 11.8 Å². The molecular formula is C27H43N5O5S. The summed E-state index contributed by atoms with van der Waals surface area (Å²) in [6, 6.07) is 0.394. The van der Waals surface area contributed by atoms with Crippen LogP contribution in [0.5, 0.6) is 0 Å². The molecule has 3 aliphatic heterocycles. The minimum absolute atomic E-state index is 0.0402. The fraction of sp³-hybridized carbons (Fsp3) is 0.741. The molecule has 5 atom stereocenters. The highest BCUT2D eigenvalue weighted by Gasteiger charge is 2.42. The smallest absolute Gasteiger partial charge is 0.315 e. The van der Waals surface area contributed by atoms with Crippen LogP contribution in [0.1, 0.15) is 71.6 Å². The molecule has 0 spiro atoms. The molecule has 3 rings (SSSR count).